The fourth-order valence-corrected chi connectivity index (χ4v) is 2.00. The van der Waals surface area contributed by atoms with Crippen LogP contribution in [0.3, 0.4) is 0 Å². The average Bonchev–Trinajstić information content (AvgIpc) is 2.35. The van der Waals surface area contributed by atoms with Crippen LogP contribution in [-0.2, 0) is 11.3 Å². The molecule has 0 heterocycles. The number of benzene rings is 1. The van der Waals surface area contributed by atoms with Gasteiger partial charge in [-0.1, -0.05) is 55.9 Å². The number of carbonyl (C=O) groups excluding carboxylic acids is 1. The van der Waals surface area contributed by atoms with Crippen LogP contribution in [0, 0.1) is 5.92 Å². The molecule has 0 aliphatic carbocycles. The highest BCUT2D eigenvalue weighted by molar-refractivity contribution is 7.80. The number of amides is 1. The van der Waals surface area contributed by atoms with Crippen LogP contribution < -0.4 is 5.73 Å². The lowest BCUT2D eigenvalue weighted by atomic mass is 10.1. The Morgan fingerprint density at radius 3 is 2.58 bits per heavy atom. The number of carbonyl (C=O) groups is 1. The summed E-state index contributed by atoms with van der Waals surface area (Å²) in [5.41, 5.74) is 6.44. The number of rotatable bonds is 6. The first-order valence-electron chi connectivity index (χ1n) is 6.22. The minimum Gasteiger partial charge on any atom is -0.393 e. The SMILES string of the molecule is CC(C)C(=O)N(CCC(N)=S)Cc1ccccc1Cl. The van der Waals surface area contributed by atoms with E-state index in [2.05, 4.69) is 0 Å². The molecule has 19 heavy (non-hydrogen) atoms. The van der Waals surface area contributed by atoms with E-state index >= 15 is 0 Å². The van der Waals surface area contributed by atoms with Gasteiger partial charge in [0.1, 0.15) is 0 Å². The Hall–Kier alpha value is -1.13. The molecule has 0 aliphatic rings. The van der Waals surface area contributed by atoms with Gasteiger partial charge in [0, 0.05) is 30.5 Å². The first kappa shape index (κ1) is 15.9. The molecule has 0 aromatic heterocycles. The van der Waals surface area contributed by atoms with Gasteiger partial charge in [0.05, 0.1) is 4.99 Å². The van der Waals surface area contributed by atoms with Crippen LogP contribution in [0.5, 0.6) is 0 Å². The van der Waals surface area contributed by atoms with E-state index in [4.69, 9.17) is 29.6 Å². The summed E-state index contributed by atoms with van der Waals surface area (Å²) in [6.07, 6.45) is 0.526. The van der Waals surface area contributed by atoms with Crippen molar-refractivity contribution in [1.29, 1.82) is 0 Å². The molecule has 1 amide bonds. The maximum Gasteiger partial charge on any atom is 0.225 e. The van der Waals surface area contributed by atoms with Gasteiger partial charge in [-0.25, -0.2) is 0 Å². The summed E-state index contributed by atoms with van der Waals surface area (Å²) >= 11 is 11.0. The monoisotopic (exact) mass is 298 g/mol. The normalized spacial score (nSPS) is 10.5. The van der Waals surface area contributed by atoms with Crippen LogP contribution >= 0.6 is 23.8 Å². The molecular formula is C14H19ClN2OS. The summed E-state index contributed by atoms with van der Waals surface area (Å²) in [5, 5.41) is 0.666. The van der Waals surface area contributed by atoms with Crippen LogP contribution in [0.25, 0.3) is 0 Å². The van der Waals surface area contributed by atoms with E-state index in [0.717, 1.165) is 5.56 Å². The maximum absolute atomic E-state index is 12.2. The Kier molecular flexibility index (Phi) is 6.25. The van der Waals surface area contributed by atoms with Gasteiger partial charge in [-0.05, 0) is 11.6 Å². The largest absolute Gasteiger partial charge is 0.393 e. The maximum atomic E-state index is 12.2. The lowest BCUT2D eigenvalue weighted by molar-refractivity contribution is -0.135. The van der Waals surface area contributed by atoms with Gasteiger partial charge in [0.2, 0.25) is 5.91 Å². The molecule has 3 nitrogen and oxygen atoms in total. The van der Waals surface area contributed by atoms with Gasteiger partial charge in [-0.15, -0.1) is 0 Å². The molecule has 0 fully saturated rings. The third-order valence-corrected chi connectivity index (χ3v) is 3.33. The van der Waals surface area contributed by atoms with Gasteiger partial charge in [0.15, 0.2) is 0 Å². The standard InChI is InChI=1S/C14H19ClN2OS/c1-10(2)14(18)17(8-7-13(16)19)9-11-5-3-4-6-12(11)15/h3-6,10H,7-9H2,1-2H3,(H2,16,19). The second-order valence-corrected chi connectivity index (χ2v) is 5.65. The summed E-state index contributed by atoms with van der Waals surface area (Å²) in [5.74, 6) is 0.0185. The lowest BCUT2D eigenvalue weighted by Crippen LogP contribution is -2.36. The van der Waals surface area contributed by atoms with E-state index in [-0.39, 0.29) is 11.8 Å². The van der Waals surface area contributed by atoms with Gasteiger partial charge < -0.3 is 10.6 Å². The highest BCUT2D eigenvalue weighted by atomic mass is 35.5. The van der Waals surface area contributed by atoms with Crippen molar-refractivity contribution in [2.24, 2.45) is 11.7 Å². The molecule has 104 valence electrons. The van der Waals surface area contributed by atoms with Gasteiger partial charge in [-0.2, -0.15) is 0 Å². The molecule has 1 aromatic rings. The van der Waals surface area contributed by atoms with Crippen LogP contribution in [-0.4, -0.2) is 22.3 Å². The summed E-state index contributed by atoms with van der Waals surface area (Å²) in [4.78, 5) is 14.3. The molecule has 0 atom stereocenters. The van der Waals surface area contributed by atoms with E-state index in [9.17, 15) is 4.79 Å². The molecule has 1 aromatic carbocycles. The molecule has 2 N–H and O–H groups in total. The zero-order chi connectivity index (χ0) is 14.4. The van der Waals surface area contributed by atoms with E-state index in [0.29, 0.717) is 29.5 Å². The summed E-state index contributed by atoms with van der Waals surface area (Å²) < 4.78 is 0. The third-order valence-electron chi connectivity index (χ3n) is 2.75. The predicted octanol–water partition coefficient (Wildman–Crippen LogP) is 3.00. The van der Waals surface area contributed by atoms with Gasteiger partial charge in [-0.3, -0.25) is 4.79 Å². The Labute approximate surface area is 124 Å². The topological polar surface area (TPSA) is 46.3 Å². The molecule has 0 saturated carbocycles. The van der Waals surface area contributed by atoms with E-state index in [1.165, 1.54) is 0 Å². The average molecular weight is 299 g/mol. The lowest BCUT2D eigenvalue weighted by Gasteiger charge is -2.25. The van der Waals surface area contributed by atoms with Crippen LogP contribution in [0.1, 0.15) is 25.8 Å². The van der Waals surface area contributed by atoms with Gasteiger partial charge in [0.25, 0.3) is 0 Å². The molecule has 0 bridgehead atoms. The van der Waals surface area contributed by atoms with E-state index in [1.807, 2.05) is 38.1 Å². The number of hydrogen-bond donors (Lipinski definition) is 1. The van der Waals surface area contributed by atoms with Crippen molar-refractivity contribution in [2.75, 3.05) is 6.54 Å². The van der Waals surface area contributed by atoms with E-state index < -0.39 is 0 Å². The van der Waals surface area contributed by atoms with Crippen molar-refractivity contribution < 1.29 is 4.79 Å². The van der Waals surface area contributed by atoms with Gasteiger partial charge >= 0.3 is 0 Å². The molecule has 0 radical (unpaired) electrons. The van der Waals surface area contributed by atoms with Crippen molar-refractivity contribution in [2.45, 2.75) is 26.8 Å². The predicted molar refractivity (Wildman–Crippen MR) is 83.1 cm³/mol. The van der Waals surface area contributed by atoms with E-state index in [1.54, 1.807) is 4.90 Å². The number of thiocarbonyl (C=S) groups is 1. The minimum absolute atomic E-state index is 0.0613. The Bertz CT molecular complexity index is 463. The molecule has 0 spiro atoms. The molecule has 0 aliphatic heterocycles. The molecule has 1 rings (SSSR count). The van der Waals surface area contributed by atoms with Crippen molar-refractivity contribution in [1.82, 2.24) is 4.90 Å². The van der Waals surface area contributed by atoms with Crippen molar-refractivity contribution >= 4 is 34.7 Å². The van der Waals surface area contributed by atoms with Crippen LogP contribution in [0.15, 0.2) is 24.3 Å². The smallest absolute Gasteiger partial charge is 0.225 e. The molecule has 5 heteroatoms. The zero-order valence-corrected chi connectivity index (χ0v) is 12.8. The number of nitrogens with two attached hydrogens (primary N) is 1. The fraction of sp³-hybridized carbons (Fsp3) is 0.429. The summed E-state index contributed by atoms with van der Waals surface area (Å²) in [6.45, 7) is 4.77. The number of halogens is 1. The third kappa shape index (κ3) is 5.17. The van der Waals surface area contributed by atoms with Crippen molar-refractivity contribution in [3.8, 4) is 0 Å². The highest BCUT2D eigenvalue weighted by Gasteiger charge is 2.18. The molecular weight excluding hydrogens is 280 g/mol. The Morgan fingerprint density at radius 1 is 1.42 bits per heavy atom. The van der Waals surface area contributed by atoms with Crippen LogP contribution in [0.4, 0.5) is 0 Å². The second kappa shape index (κ2) is 7.46. The molecule has 0 saturated heterocycles. The number of hydrogen-bond acceptors (Lipinski definition) is 2. The quantitative estimate of drug-likeness (QED) is 0.821. The van der Waals surface area contributed by atoms with Crippen LogP contribution in [0.2, 0.25) is 5.02 Å². The zero-order valence-electron chi connectivity index (χ0n) is 11.2. The minimum atomic E-state index is -0.0613. The highest BCUT2D eigenvalue weighted by Crippen LogP contribution is 2.18. The van der Waals surface area contributed by atoms with Crippen molar-refractivity contribution in [3.63, 3.8) is 0 Å². The summed E-state index contributed by atoms with van der Waals surface area (Å²) in [7, 11) is 0. The first-order valence-corrected chi connectivity index (χ1v) is 7.01. The molecule has 0 unspecified atom stereocenters. The number of nitrogens with zero attached hydrogens (tertiary/aromatic N) is 1. The van der Waals surface area contributed by atoms with Crippen molar-refractivity contribution in [3.05, 3.63) is 34.9 Å². The Balaban J connectivity index is 2.82. The summed E-state index contributed by atoms with van der Waals surface area (Å²) in [6, 6.07) is 7.52. The fourth-order valence-electron chi connectivity index (χ4n) is 1.71. The Morgan fingerprint density at radius 2 is 2.05 bits per heavy atom. The second-order valence-electron chi connectivity index (χ2n) is 4.72. The first-order chi connectivity index (χ1) is 8.91.